The Hall–Kier alpha value is -0.900. The normalized spacial score (nSPS) is 17.8. The smallest absolute Gasteiger partial charge is 0.153 e. The molecule has 1 saturated carbocycles. The predicted molar refractivity (Wildman–Crippen MR) is 45.7 cm³/mol. The molecule has 1 aliphatic rings. The third-order valence-corrected chi connectivity index (χ3v) is 2.38. The summed E-state index contributed by atoms with van der Waals surface area (Å²) >= 11 is 0. The molecule has 1 fully saturated rings. The molecule has 1 aromatic heterocycles. The summed E-state index contributed by atoms with van der Waals surface area (Å²) < 4.78 is 1.83. The molecule has 0 unspecified atom stereocenters. The Morgan fingerprint density at radius 2 is 2.42 bits per heavy atom. The summed E-state index contributed by atoms with van der Waals surface area (Å²) in [7, 11) is 0. The van der Waals surface area contributed by atoms with Crippen molar-refractivity contribution in [3.05, 3.63) is 12.2 Å². The second-order valence-electron chi connectivity index (χ2n) is 3.28. The first-order chi connectivity index (χ1) is 5.90. The van der Waals surface area contributed by atoms with Crippen LogP contribution in [0.15, 0.2) is 6.33 Å². The Bertz CT molecular complexity index is 251. The van der Waals surface area contributed by atoms with Crippen LogP contribution in [-0.4, -0.2) is 21.3 Å². The average molecular weight is 166 g/mol. The number of hydrogen-bond donors (Lipinski definition) is 1. The van der Waals surface area contributed by atoms with Gasteiger partial charge < -0.3 is 5.73 Å². The van der Waals surface area contributed by atoms with E-state index in [-0.39, 0.29) is 0 Å². The second kappa shape index (κ2) is 3.23. The van der Waals surface area contributed by atoms with Crippen molar-refractivity contribution >= 4 is 0 Å². The first-order valence-electron chi connectivity index (χ1n) is 4.49. The second-order valence-corrected chi connectivity index (χ2v) is 3.28. The molecule has 0 amide bonds. The van der Waals surface area contributed by atoms with E-state index in [4.69, 9.17) is 5.73 Å². The minimum atomic E-state index is 0.629. The van der Waals surface area contributed by atoms with Crippen molar-refractivity contribution < 1.29 is 0 Å². The first kappa shape index (κ1) is 7.73. The molecule has 66 valence electrons. The van der Waals surface area contributed by atoms with Crippen LogP contribution in [0, 0.1) is 0 Å². The zero-order chi connectivity index (χ0) is 8.39. The molecule has 1 heterocycles. The van der Waals surface area contributed by atoms with Gasteiger partial charge in [-0.05, 0) is 12.8 Å². The zero-order valence-electron chi connectivity index (χ0n) is 7.11. The van der Waals surface area contributed by atoms with Gasteiger partial charge in [0, 0.05) is 12.5 Å². The lowest BCUT2D eigenvalue weighted by atomic mass is 9.85. The van der Waals surface area contributed by atoms with Crippen LogP contribution in [0.3, 0.4) is 0 Å². The van der Waals surface area contributed by atoms with E-state index in [1.54, 1.807) is 6.33 Å². The van der Waals surface area contributed by atoms with Gasteiger partial charge in [0.1, 0.15) is 6.33 Å². The minimum Gasteiger partial charge on any atom is -0.329 e. The van der Waals surface area contributed by atoms with Crippen LogP contribution in [0.2, 0.25) is 0 Å². The van der Waals surface area contributed by atoms with E-state index in [0.717, 1.165) is 12.4 Å². The standard InChI is InChI=1S/C8H14N4/c9-4-5-12-6-10-8(11-12)7-2-1-3-7/h6-7H,1-5,9H2. The molecular weight excluding hydrogens is 152 g/mol. The van der Waals surface area contributed by atoms with Crippen LogP contribution in [0.4, 0.5) is 0 Å². The molecule has 4 heteroatoms. The Labute approximate surface area is 71.8 Å². The topological polar surface area (TPSA) is 56.7 Å². The average Bonchev–Trinajstić information content (AvgIpc) is 2.34. The van der Waals surface area contributed by atoms with Gasteiger partial charge in [-0.15, -0.1) is 0 Å². The quantitative estimate of drug-likeness (QED) is 0.711. The summed E-state index contributed by atoms with van der Waals surface area (Å²) in [5, 5.41) is 4.35. The summed E-state index contributed by atoms with van der Waals surface area (Å²) in [5.74, 6) is 1.64. The number of nitrogens with zero attached hydrogens (tertiary/aromatic N) is 3. The van der Waals surface area contributed by atoms with Gasteiger partial charge >= 0.3 is 0 Å². The molecule has 0 spiro atoms. The van der Waals surface area contributed by atoms with Crippen molar-refractivity contribution in [2.45, 2.75) is 31.7 Å². The minimum absolute atomic E-state index is 0.629. The third kappa shape index (κ3) is 1.34. The first-order valence-corrected chi connectivity index (χ1v) is 4.49. The lowest BCUT2D eigenvalue weighted by molar-refractivity contribution is 0.398. The molecule has 1 aromatic rings. The Morgan fingerprint density at radius 3 is 3.00 bits per heavy atom. The van der Waals surface area contributed by atoms with Gasteiger partial charge in [-0.3, -0.25) is 4.68 Å². The van der Waals surface area contributed by atoms with Gasteiger partial charge in [-0.2, -0.15) is 5.10 Å². The molecule has 2 rings (SSSR count). The molecule has 0 aromatic carbocycles. The lowest BCUT2D eigenvalue weighted by Gasteiger charge is -2.21. The fourth-order valence-electron chi connectivity index (χ4n) is 1.40. The van der Waals surface area contributed by atoms with Crippen LogP contribution in [0.5, 0.6) is 0 Å². The van der Waals surface area contributed by atoms with Gasteiger partial charge in [-0.25, -0.2) is 4.98 Å². The van der Waals surface area contributed by atoms with E-state index in [2.05, 4.69) is 10.1 Å². The van der Waals surface area contributed by atoms with Gasteiger partial charge in [-0.1, -0.05) is 6.42 Å². The fraction of sp³-hybridized carbons (Fsp3) is 0.750. The summed E-state index contributed by atoms with van der Waals surface area (Å²) in [4.78, 5) is 4.25. The molecule has 0 saturated heterocycles. The molecule has 0 atom stereocenters. The summed E-state index contributed by atoms with van der Waals surface area (Å²) in [6, 6.07) is 0. The molecule has 12 heavy (non-hydrogen) atoms. The molecule has 1 aliphatic carbocycles. The molecular formula is C8H14N4. The number of nitrogens with two attached hydrogens (primary N) is 1. The molecule has 0 radical (unpaired) electrons. The molecule has 0 bridgehead atoms. The lowest BCUT2D eigenvalue weighted by Crippen LogP contribution is -2.13. The fourth-order valence-corrected chi connectivity index (χ4v) is 1.40. The number of rotatable bonds is 3. The maximum Gasteiger partial charge on any atom is 0.153 e. The van der Waals surface area contributed by atoms with Crippen LogP contribution < -0.4 is 5.73 Å². The van der Waals surface area contributed by atoms with Crippen LogP contribution in [-0.2, 0) is 6.54 Å². The van der Waals surface area contributed by atoms with Crippen molar-refractivity contribution in [2.75, 3.05) is 6.54 Å². The Balaban J connectivity index is 2.02. The van der Waals surface area contributed by atoms with E-state index in [9.17, 15) is 0 Å². The summed E-state index contributed by atoms with van der Waals surface area (Å²) in [6.07, 6.45) is 5.62. The monoisotopic (exact) mass is 166 g/mol. The molecule has 2 N–H and O–H groups in total. The van der Waals surface area contributed by atoms with Crippen molar-refractivity contribution in [1.82, 2.24) is 14.8 Å². The van der Waals surface area contributed by atoms with Gasteiger partial charge in [0.25, 0.3) is 0 Å². The molecule has 0 aliphatic heterocycles. The zero-order valence-corrected chi connectivity index (χ0v) is 7.11. The van der Waals surface area contributed by atoms with Gasteiger partial charge in [0.15, 0.2) is 5.82 Å². The Morgan fingerprint density at radius 1 is 1.58 bits per heavy atom. The summed E-state index contributed by atoms with van der Waals surface area (Å²) in [6.45, 7) is 1.41. The van der Waals surface area contributed by atoms with E-state index in [1.807, 2.05) is 4.68 Å². The highest BCUT2D eigenvalue weighted by molar-refractivity contribution is 4.98. The van der Waals surface area contributed by atoms with Crippen LogP contribution in [0.1, 0.15) is 31.0 Å². The van der Waals surface area contributed by atoms with Crippen LogP contribution in [0.25, 0.3) is 0 Å². The highest BCUT2D eigenvalue weighted by atomic mass is 15.3. The molecule has 4 nitrogen and oxygen atoms in total. The van der Waals surface area contributed by atoms with Crippen molar-refractivity contribution in [3.63, 3.8) is 0 Å². The van der Waals surface area contributed by atoms with Crippen molar-refractivity contribution in [1.29, 1.82) is 0 Å². The van der Waals surface area contributed by atoms with Crippen molar-refractivity contribution in [2.24, 2.45) is 5.73 Å². The van der Waals surface area contributed by atoms with E-state index in [1.165, 1.54) is 19.3 Å². The SMILES string of the molecule is NCCn1cnc(C2CCC2)n1. The van der Waals surface area contributed by atoms with Crippen LogP contribution >= 0.6 is 0 Å². The van der Waals surface area contributed by atoms with Gasteiger partial charge in [0.05, 0.1) is 6.54 Å². The maximum absolute atomic E-state index is 5.40. The number of aromatic nitrogens is 3. The third-order valence-electron chi connectivity index (χ3n) is 2.38. The Kier molecular flexibility index (Phi) is 2.08. The van der Waals surface area contributed by atoms with Gasteiger partial charge in [0.2, 0.25) is 0 Å². The summed E-state index contributed by atoms with van der Waals surface area (Å²) in [5.41, 5.74) is 5.40. The highest BCUT2D eigenvalue weighted by Gasteiger charge is 2.22. The van der Waals surface area contributed by atoms with E-state index >= 15 is 0 Å². The van der Waals surface area contributed by atoms with E-state index < -0.39 is 0 Å². The number of hydrogen-bond acceptors (Lipinski definition) is 3. The van der Waals surface area contributed by atoms with Crippen molar-refractivity contribution in [3.8, 4) is 0 Å². The predicted octanol–water partition coefficient (Wildman–Crippen LogP) is 0.504. The highest BCUT2D eigenvalue weighted by Crippen LogP contribution is 2.33. The van der Waals surface area contributed by atoms with E-state index in [0.29, 0.717) is 12.5 Å². The maximum atomic E-state index is 5.40. The largest absolute Gasteiger partial charge is 0.329 e.